The van der Waals surface area contributed by atoms with Gasteiger partial charge in [-0.25, -0.2) is 8.78 Å². The molecule has 1 N–H and O–H groups in total. The van der Waals surface area contributed by atoms with Crippen molar-refractivity contribution in [3.63, 3.8) is 0 Å². The molecule has 1 fully saturated rings. The molecular weight excluding hydrogens is 296 g/mol. The maximum Gasteiger partial charge on any atom is 0.317 e. The fraction of sp³-hybridized carbons (Fsp3) is 0.733. The summed E-state index contributed by atoms with van der Waals surface area (Å²) >= 11 is 0. The van der Waals surface area contributed by atoms with Crippen LogP contribution >= 0.6 is 0 Å². The molecule has 0 bridgehead atoms. The summed E-state index contributed by atoms with van der Waals surface area (Å²) in [5.74, 6) is -4.81. The lowest BCUT2D eigenvalue weighted by molar-refractivity contribution is -0.177. The molecule has 5 nitrogen and oxygen atoms in total. The Bertz CT molecular complexity index is 407. The highest BCUT2D eigenvalue weighted by Crippen LogP contribution is 2.44. The average Bonchev–Trinajstić information content (AvgIpc) is 2.37. The zero-order chi connectivity index (χ0) is 17.6. The number of carboxylic acid groups (broad SMARTS) is 1. The Kier molecular flexibility index (Phi) is 7.15. The summed E-state index contributed by atoms with van der Waals surface area (Å²) in [4.78, 5) is 22.3. The van der Waals surface area contributed by atoms with E-state index >= 15 is 0 Å². The summed E-state index contributed by atoms with van der Waals surface area (Å²) in [7, 11) is 1.65. The molecule has 1 heterocycles. The zero-order valence-electron chi connectivity index (χ0n) is 13.6. The maximum atomic E-state index is 13.6. The zero-order valence-corrected chi connectivity index (χ0v) is 13.6. The van der Waals surface area contributed by atoms with Crippen molar-refractivity contribution in [1.29, 1.82) is 0 Å². The van der Waals surface area contributed by atoms with Crippen LogP contribution in [0.3, 0.4) is 0 Å². The van der Waals surface area contributed by atoms with E-state index in [0.29, 0.717) is 25.5 Å². The van der Waals surface area contributed by atoms with E-state index in [4.69, 9.17) is 5.11 Å². The predicted octanol–water partition coefficient (Wildman–Crippen LogP) is 2.56. The van der Waals surface area contributed by atoms with Crippen LogP contribution in [-0.4, -0.2) is 54.1 Å². The van der Waals surface area contributed by atoms with E-state index in [1.54, 1.807) is 11.9 Å². The van der Waals surface area contributed by atoms with E-state index in [9.17, 15) is 18.4 Å². The topological polar surface area (TPSA) is 66.8 Å². The smallest absolute Gasteiger partial charge is 0.317 e. The van der Waals surface area contributed by atoms with Crippen molar-refractivity contribution in [1.82, 2.24) is 4.90 Å². The van der Waals surface area contributed by atoms with E-state index in [-0.39, 0.29) is 18.6 Å². The number of halogens is 2. The Morgan fingerprint density at radius 2 is 1.95 bits per heavy atom. The fourth-order valence-corrected chi connectivity index (χ4v) is 2.20. The third-order valence-corrected chi connectivity index (χ3v) is 3.39. The second-order valence-corrected chi connectivity index (χ2v) is 6.38. The molecular formula is C15H25F2NO4. The molecule has 22 heavy (non-hydrogen) atoms. The standard InChI is InChI=1S/C10H15F2NO2.C5H10O2/c1-3-10(11,12)9(8(14)15)5-4-6-13(2)7-9;1-5(2,3)7-4-6/h3H,1,4-7H2,2H3,(H,14,15);4H,1-3H3. The van der Waals surface area contributed by atoms with Crippen LogP contribution in [0.4, 0.5) is 8.78 Å². The van der Waals surface area contributed by atoms with Gasteiger partial charge in [0.25, 0.3) is 12.4 Å². The van der Waals surface area contributed by atoms with Crippen molar-refractivity contribution in [2.24, 2.45) is 5.41 Å². The van der Waals surface area contributed by atoms with E-state index in [2.05, 4.69) is 11.3 Å². The van der Waals surface area contributed by atoms with Crippen LogP contribution in [-0.2, 0) is 14.3 Å². The van der Waals surface area contributed by atoms with Crippen LogP contribution in [0.15, 0.2) is 12.7 Å². The molecule has 1 atom stereocenters. The van der Waals surface area contributed by atoms with Crippen molar-refractivity contribution < 1.29 is 28.2 Å². The van der Waals surface area contributed by atoms with Gasteiger partial charge in [0.15, 0.2) is 0 Å². The quantitative estimate of drug-likeness (QED) is 0.637. The molecule has 1 aliphatic heterocycles. The Morgan fingerprint density at radius 3 is 2.23 bits per heavy atom. The lowest BCUT2D eigenvalue weighted by Gasteiger charge is -2.41. The molecule has 0 spiro atoms. The lowest BCUT2D eigenvalue weighted by Crippen LogP contribution is -2.56. The highest BCUT2D eigenvalue weighted by atomic mass is 19.3. The van der Waals surface area contributed by atoms with Gasteiger partial charge in [-0.3, -0.25) is 9.59 Å². The number of allylic oxidation sites excluding steroid dienone is 1. The molecule has 0 aliphatic carbocycles. The molecule has 1 saturated heterocycles. The number of carbonyl (C=O) groups is 2. The molecule has 0 aromatic heterocycles. The molecule has 1 aliphatic rings. The molecule has 0 amide bonds. The molecule has 1 rings (SSSR count). The van der Waals surface area contributed by atoms with Gasteiger partial charge in [0, 0.05) is 6.54 Å². The van der Waals surface area contributed by atoms with Gasteiger partial charge in [0.2, 0.25) is 0 Å². The Balaban J connectivity index is 0.000000534. The van der Waals surface area contributed by atoms with Crippen molar-refractivity contribution in [2.75, 3.05) is 20.1 Å². The first kappa shape index (κ1) is 20.5. The van der Waals surface area contributed by atoms with Crippen molar-refractivity contribution in [3.05, 3.63) is 12.7 Å². The summed E-state index contributed by atoms with van der Waals surface area (Å²) in [5, 5.41) is 9.02. The SMILES string of the molecule is C=CC(F)(F)C1(C(=O)O)CCCN(C)C1.CC(C)(C)OC=O. The van der Waals surface area contributed by atoms with Crippen LogP contribution in [0.5, 0.6) is 0 Å². The largest absolute Gasteiger partial charge is 0.481 e. The van der Waals surface area contributed by atoms with Crippen molar-refractivity contribution in [2.45, 2.75) is 45.1 Å². The Morgan fingerprint density at radius 1 is 1.41 bits per heavy atom. The van der Waals surface area contributed by atoms with Gasteiger partial charge in [-0.1, -0.05) is 6.58 Å². The first-order valence-electron chi connectivity index (χ1n) is 6.96. The number of alkyl halides is 2. The number of likely N-dealkylation sites (tertiary alicyclic amines) is 1. The summed E-state index contributed by atoms with van der Waals surface area (Å²) in [6.07, 6.45) is 0.901. The summed E-state index contributed by atoms with van der Waals surface area (Å²) in [6, 6.07) is 0. The van der Waals surface area contributed by atoms with Gasteiger partial charge in [-0.15, -0.1) is 0 Å². The number of nitrogens with zero attached hydrogens (tertiary/aromatic N) is 1. The monoisotopic (exact) mass is 321 g/mol. The van der Waals surface area contributed by atoms with Gasteiger partial charge in [0.05, 0.1) is 0 Å². The number of carboxylic acids is 1. The fourth-order valence-electron chi connectivity index (χ4n) is 2.20. The lowest BCUT2D eigenvalue weighted by atomic mass is 9.74. The molecule has 128 valence electrons. The van der Waals surface area contributed by atoms with Crippen LogP contribution < -0.4 is 0 Å². The summed E-state index contributed by atoms with van der Waals surface area (Å²) < 4.78 is 31.7. The number of aliphatic carboxylic acids is 1. The third-order valence-electron chi connectivity index (χ3n) is 3.39. The van der Waals surface area contributed by atoms with E-state index < -0.39 is 17.3 Å². The van der Waals surface area contributed by atoms with Gasteiger partial charge in [-0.05, 0) is 53.3 Å². The molecule has 0 radical (unpaired) electrons. The number of piperidine rings is 1. The first-order chi connectivity index (χ1) is 9.92. The number of hydrogen-bond donors (Lipinski definition) is 1. The first-order valence-corrected chi connectivity index (χ1v) is 6.96. The van der Waals surface area contributed by atoms with Crippen LogP contribution in [0, 0.1) is 5.41 Å². The van der Waals surface area contributed by atoms with E-state index in [1.807, 2.05) is 20.8 Å². The van der Waals surface area contributed by atoms with Crippen molar-refractivity contribution >= 4 is 12.4 Å². The number of ether oxygens (including phenoxy) is 1. The van der Waals surface area contributed by atoms with Gasteiger partial charge in [-0.2, -0.15) is 0 Å². The Hall–Kier alpha value is -1.50. The van der Waals surface area contributed by atoms with Gasteiger partial charge < -0.3 is 14.7 Å². The summed E-state index contributed by atoms with van der Waals surface area (Å²) in [6.45, 7) is 9.47. The number of rotatable bonds is 4. The minimum Gasteiger partial charge on any atom is -0.481 e. The van der Waals surface area contributed by atoms with Crippen LogP contribution in [0.25, 0.3) is 0 Å². The molecule has 0 aromatic carbocycles. The molecule has 0 saturated carbocycles. The molecule has 1 unspecified atom stereocenters. The maximum absolute atomic E-state index is 13.6. The van der Waals surface area contributed by atoms with E-state index in [0.717, 1.165) is 0 Å². The molecule has 0 aromatic rings. The minimum atomic E-state index is -3.37. The van der Waals surface area contributed by atoms with E-state index in [1.165, 1.54) is 0 Å². The molecule has 7 heteroatoms. The predicted molar refractivity (Wildman–Crippen MR) is 78.8 cm³/mol. The van der Waals surface area contributed by atoms with Crippen LogP contribution in [0.2, 0.25) is 0 Å². The van der Waals surface area contributed by atoms with Gasteiger partial charge in [0.1, 0.15) is 11.0 Å². The van der Waals surface area contributed by atoms with Gasteiger partial charge >= 0.3 is 5.97 Å². The second-order valence-electron chi connectivity index (χ2n) is 6.38. The summed E-state index contributed by atoms with van der Waals surface area (Å²) in [5.41, 5.74) is -2.33. The normalized spacial score (nSPS) is 23.0. The highest BCUT2D eigenvalue weighted by Gasteiger charge is 2.58. The average molecular weight is 321 g/mol. The van der Waals surface area contributed by atoms with Crippen LogP contribution in [0.1, 0.15) is 33.6 Å². The third kappa shape index (κ3) is 5.36. The second kappa shape index (κ2) is 7.67. The number of carbonyl (C=O) groups excluding carboxylic acids is 1. The highest BCUT2D eigenvalue weighted by molar-refractivity contribution is 5.77. The Labute approximate surface area is 129 Å². The van der Waals surface area contributed by atoms with Crippen molar-refractivity contribution in [3.8, 4) is 0 Å². The minimum absolute atomic E-state index is 0.00824. The number of hydrogen-bond acceptors (Lipinski definition) is 4.